The first kappa shape index (κ1) is 22.3. The quantitative estimate of drug-likeness (QED) is 0.397. The molecule has 0 radical (unpaired) electrons. The first-order valence-electron chi connectivity index (χ1n) is 9.97. The van der Waals surface area contributed by atoms with E-state index in [0.29, 0.717) is 5.56 Å². The van der Waals surface area contributed by atoms with E-state index < -0.39 is 29.4 Å². The molecule has 4 nitrogen and oxygen atoms in total. The SMILES string of the molecule is Cc1ccc(C2=C(Nc3cccc(C(F)(F)F)c3)C(=O)N(c3cccc(F)c3)C2=O)cc1C. The van der Waals surface area contributed by atoms with Gasteiger partial charge in [0.25, 0.3) is 11.8 Å². The summed E-state index contributed by atoms with van der Waals surface area (Å²) >= 11 is 0. The van der Waals surface area contributed by atoms with E-state index in [1.807, 2.05) is 13.8 Å². The number of carbonyl (C=O) groups excluding carboxylic acids is 2. The number of amides is 2. The van der Waals surface area contributed by atoms with Crippen molar-refractivity contribution in [2.24, 2.45) is 0 Å². The van der Waals surface area contributed by atoms with Crippen LogP contribution in [0.5, 0.6) is 0 Å². The molecule has 0 fully saturated rings. The lowest BCUT2D eigenvalue weighted by Crippen LogP contribution is -2.32. The number of alkyl halides is 3. The summed E-state index contributed by atoms with van der Waals surface area (Å²) in [5.41, 5.74) is 1.16. The number of nitrogens with zero attached hydrogens (tertiary/aromatic N) is 1. The highest BCUT2D eigenvalue weighted by atomic mass is 19.4. The van der Waals surface area contributed by atoms with E-state index in [1.165, 1.54) is 30.3 Å². The number of rotatable bonds is 4. The summed E-state index contributed by atoms with van der Waals surface area (Å²) in [4.78, 5) is 27.5. The zero-order valence-electron chi connectivity index (χ0n) is 17.6. The summed E-state index contributed by atoms with van der Waals surface area (Å²) < 4.78 is 53.3. The standard InChI is InChI=1S/C25H18F4N2O2/c1-14-9-10-16(11-15(14)2)21-22(30-19-7-3-5-17(12-19)25(27,28)29)24(33)31(23(21)32)20-8-4-6-18(26)13-20/h3-13,30H,1-2H3. The molecular weight excluding hydrogens is 436 g/mol. The number of hydrogen-bond acceptors (Lipinski definition) is 3. The van der Waals surface area contributed by atoms with Crippen LogP contribution in [0.2, 0.25) is 0 Å². The second-order valence-corrected chi connectivity index (χ2v) is 7.68. The predicted octanol–water partition coefficient (Wildman–Crippen LogP) is 5.86. The van der Waals surface area contributed by atoms with Crippen LogP contribution in [0.3, 0.4) is 0 Å². The Morgan fingerprint density at radius 1 is 0.818 bits per heavy atom. The lowest BCUT2D eigenvalue weighted by molar-refractivity contribution is -0.137. The minimum absolute atomic E-state index is 0.00947. The van der Waals surface area contributed by atoms with Crippen LogP contribution in [-0.4, -0.2) is 11.8 Å². The fraction of sp³-hybridized carbons (Fsp3) is 0.120. The average molecular weight is 454 g/mol. The van der Waals surface area contributed by atoms with Crippen molar-refractivity contribution in [1.29, 1.82) is 0 Å². The third-order valence-corrected chi connectivity index (χ3v) is 5.41. The molecule has 3 aromatic carbocycles. The Bertz CT molecular complexity index is 1310. The molecule has 1 aliphatic rings. The van der Waals surface area contributed by atoms with Crippen molar-refractivity contribution < 1.29 is 27.2 Å². The number of halogens is 4. The maximum Gasteiger partial charge on any atom is 0.416 e. The van der Waals surface area contributed by atoms with Crippen LogP contribution in [0.25, 0.3) is 5.57 Å². The van der Waals surface area contributed by atoms with Gasteiger partial charge in [-0.2, -0.15) is 13.2 Å². The molecule has 1 heterocycles. The van der Waals surface area contributed by atoms with Gasteiger partial charge in [0.05, 0.1) is 16.8 Å². The Labute approximate surface area is 187 Å². The van der Waals surface area contributed by atoms with Gasteiger partial charge >= 0.3 is 6.18 Å². The predicted molar refractivity (Wildman–Crippen MR) is 117 cm³/mol. The van der Waals surface area contributed by atoms with Crippen molar-refractivity contribution in [2.75, 3.05) is 10.2 Å². The van der Waals surface area contributed by atoms with E-state index in [9.17, 15) is 27.2 Å². The molecule has 0 saturated carbocycles. The second kappa shape index (κ2) is 8.20. The highest BCUT2D eigenvalue weighted by Crippen LogP contribution is 2.36. The zero-order valence-corrected chi connectivity index (χ0v) is 17.6. The summed E-state index contributed by atoms with van der Waals surface area (Å²) in [6.45, 7) is 3.72. The second-order valence-electron chi connectivity index (χ2n) is 7.68. The normalized spacial score (nSPS) is 14.3. The van der Waals surface area contributed by atoms with E-state index >= 15 is 0 Å². The van der Waals surface area contributed by atoms with Gasteiger partial charge in [0.15, 0.2) is 0 Å². The van der Waals surface area contributed by atoms with Crippen LogP contribution >= 0.6 is 0 Å². The summed E-state index contributed by atoms with van der Waals surface area (Å²) in [5.74, 6) is -2.14. The molecule has 0 saturated heterocycles. The number of benzene rings is 3. The summed E-state index contributed by atoms with van der Waals surface area (Å²) in [6, 6.07) is 14.5. The number of aryl methyl sites for hydroxylation is 2. The molecule has 3 aromatic rings. The Kier molecular flexibility index (Phi) is 5.53. The van der Waals surface area contributed by atoms with E-state index in [2.05, 4.69) is 5.32 Å². The first-order valence-corrected chi connectivity index (χ1v) is 9.97. The molecule has 1 aliphatic heterocycles. The molecule has 0 bridgehead atoms. The number of imide groups is 1. The summed E-state index contributed by atoms with van der Waals surface area (Å²) in [7, 11) is 0. The van der Waals surface area contributed by atoms with Crippen molar-refractivity contribution in [2.45, 2.75) is 20.0 Å². The van der Waals surface area contributed by atoms with Crippen molar-refractivity contribution >= 4 is 28.8 Å². The van der Waals surface area contributed by atoms with Gasteiger partial charge in [0.1, 0.15) is 11.5 Å². The molecule has 0 aliphatic carbocycles. The largest absolute Gasteiger partial charge is 0.416 e. The minimum atomic E-state index is -4.58. The maximum absolute atomic E-state index is 13.8. The van der Waals surface area contributed by atoms with Gasteiger partial charge in [-0.1, -0.05) is 30.3 Å². The number of anilines is 2. The van der Waals surface area contributed by atoms with Crippen LogP contribution < -0.4 is 10.2 Å². The van der Waals surface area contributed by atoms with Gasteiger partial charge in [-0.3, -0.25) is 9.59 Å². The minimum Gasteiger partial charge on any atom is -0.350 e. The van der Waals surface area contributed by atoms with Crippen LogP contribution in [0, 0.1) is 19.7 Å². The Morgan fingerprint density at radius 2 is 1.55 bits per heavy atom. The van der Waals surface area contributed by atoms with Crippen LogP contribution in [0.4, 0.5) is 28.9 Å². The highest BCUT2D eigenvalue weighted by Gasteiger charge is 2.40. The Balaban J connectivity index is 1.84. The zero-order chi connectivity index (χ0) is 23.9. The van der Waals surface area contributed by atoms with Crippen LogP contribution in [0.15, 0.2) is 72.4 Å². The van der Waals surface area contributed by atoms with Crippen molar-refractivity contribution in [3.05, 3.63) is 100 Å². The first-order chi connectivity index (χ1) is 15.6. The fourth-order valence-electron chi connectivity index (χ4n) is 3.58. The lowest BCUT2D eigenvalue weighted by Gasteiger charge is -2.15. The molecule has 168 valence electrons. The number of hydrogen-bond donors (Lipinski definition) is 1. The fourth-order valence-corrected chi connectivity index (χ4v) is 3.58. The molecular formula is C25H18F4N2O2. The van der Waals surface area contributed by atoms with Crippen molar-refractivity contribution in [1.82, 2.24) is 0 Å². The van der Waals surface area contributed by atoms with Gasteiger partial charge in [-0.05, 0) is 66.9 Å². The Hall–Kier alpha value is -3.94. The van der Waals surface area contributed by atoms with Gasteiger partial charge in [0.2, 0.25) is 0 Å². The number of carbonyl (C=O) groups is 2. The van der Waals surface area contributed by atoms with Crippen molar-refractivity contribution in [3.63, 3.8) is 0 Å². The van der Waals surface area contributed by atoms with Crippen LogP contribution in [-0.2, 0) is 15.8 Å². The summed E-state index contributed by atoms with van der Waals surface area (Å²) in [6.07, 6.45) is -4.58. The third-order valence-electron chi connectivity index (χ3n) is 5.41. The van der Waals surface area contributed by atoms with E-state index in [-0.39, 0.29) is 22.6 Å². The maximum atomic E-state index is 13.8. The molecule has 0 atom stereocenters. The molecule has 4 rings (SSSR count). The molecule has 0 spiro atoms. The van der Waals surface area contributed by atoms with Gasteiger partial charge in [0, 0.05) is 5.69 Å². The molecule has 0 unspecified atom stereocenters. The van der Waals surface area contributed by atoms with Crippen LogP contribution in [0.1, 0.15) is 22.3 Å². The van der Waals surface area contributed by atoms with Gasteiger partial charge in [-0.25, -0.2) is 9.29 Å². The smallest absolute Gasteiger partial charge is 0.350 e. The summed E-state index contributed by atoms with van der Waals surface area (Å²) in [5, 5.41) is 2.70. The molecule has 2 amide bonds. The van der Waals surface area contributed by atoms with Gasteiger partial charge < -0.3 is 5.32 Å². The average Bonchev–Trinajstić information content (AvgIpc) is 2.99. The van der Waals surface area contributed by atoms with E-state index in [4.69, 9.17) is 0 Å². The number of nitrogens with one attached hydrogen (secondary N) is 1. The van der Waals surface area contributed by atoms with Gasteiger partial charge in [-0.15, -0.1) is 0 Å². The molecule has 1 N–H and O–H groups in total. The Morgan fingerprint density at radius 3 is 2.21 bits per heavy atom. The molecule has 33 heavy (non-hydrogen) atoms. The molecule has 8 heteroatoms. The third kappa shape index (κ3) is 4.24. The molecule has 0 aromatic heterocycles. The van der Waals surface area contributed by atoms with E-state index in [1.54, 1.807) is 18.2 Å². The highest BCUT2D eigenvalue weighted by molar-refractivity contribution is 6.46. The lowest BCUT2D eigenvalue weighted by atomic mass is 9.99. The monoisotopic (exact) mass is 454 g/mol. The van der Waals surface area contributed by atoms with E-state index in [0.717, 1.165) is 34.2 Å². The van der Waals surface area contributed by atoms with Crippen molar-refractivity contribution in [3.8, 4) is 0 Å². The topological polar surface area (TPSA) is 49.4 Å².